The summed E-state index contributed by atoms with van der Waals surface area (Å²) in [6, 6.07) is 7.70. The third kappa shape index (κ3) is 4.42. The van der Waals surface area contributed by atoms with E-state index in [0.29, 0.717) is 26.3 Å². The van der Waals surface area contributed by atoms with Gasteiger partial charge in [-0.1, -0.05) is 28.1 Å². The van der Waals surface area contributed by atoms with Crippen LogP contribution in [-0.2, 0) is 10.1 Å². The molecule has 0 spiro atoms. The van der Waals surface area contributed by atoms with Crippen molar-refractivity contribution in [3.05, 3.63) is 35.4 Å². The Morgan fingerprint density at radius 1 is 1.28 bits per heavy atom. The Balaban J connectivity index is 2.64. The van der Waals surface area contributed by atoms with Gasteiger partial charge < -0.3 is 9.64 Å². The highest BCUT2D eigenvalue weighted by molar-refractivity contribution is 9.08. The van der Waals surface area contributed by atoms with E-state index >= 15 is 0 Å². The summed E-state index contributed by atoms with van der Waals surface area (Å²) in [5, 5.41) is 0.809. The number of hydrogen-bond acceptors (Lipinski definition) is 2. The molecule has 18 heavy (non-hydrogen) atoms. The minimum Gasteiger partial charge on any atom is -0.380 e. The minimum atomic E-state index is 0.0679. The van der Waals surface area contributed by atoms with Crippen LogP contribution in [0.25, 0.3) is 0 Å². The molecule has 1 rings (SSSR count). The fourth-order valence-electron chi connectivity index (χ4n) is 1.64. The smallest absolute Gasteiger partial charge is 0.253 e. The molecule has 4 heteroatoms. The predicted octanol–water partition coefficient (Wildman–Crippen LogP) is 3.08. The van der Waals surface area contributed by atoms with Crippen LogP contribution < -0.4 is 0 Å². The number of halogens is 1. The van der Waals surface area contributed by atoms with Crippen LogP contribution in [-0.4, -0.2) is 37.1 Å². The summed E-state index contributed by atoms with van der Waals surface area (Å²) < 4.78 is 5.29. The van der Waals surface area contributed by atoms with Crippen molar-refractivity contribution in [3.8, 4) is 0 Å². The minimum absolute atomic E-state index is 0.0679. The second-order valence-electron chi connectivity index (χ2n) is 3.91. The van der Waals surface area contributed by atoms with Crippen LogP contribution in [0.4, 0.5) is 0 Å². The molecule has 0 heterocycles. The average molecular weight is 314 g/mol. The number of carbonyl (C=O) groups is 1. The Bertz CT molecular complexity index is 365. The van der Waals surface area contributed by atoms with Gasteiger partial charge in [-0.25, -0.2) is 0 Å². The number of rotatable bonds is 7. The van der Waals surface area contributed by atoms with E-state index in [4.69, 9.17) is 4.74 Å². The summed E-state index contributed by atoms with van der Waals surface area (Å²) in [6.07, 6.45) is 0. The molecule has 0 radical (unpaired) electrons. The van der Waals surface area contributed by atoms with Crippen LogP contribution in [0.15, 0.2) is 24.3 Å². The first-order valence-electron chi connectivity index (χ1n) is 6.24. The van der Waals surface area contributed by atoms with Gasteiger partial charge in [0.15, 0.2) is 0 Å². The van der Waals surface area contributed by atoms with E-state index in [9.17, 15) is 4.79 Å². The number of alkyl halides is 1. The van der Waals surface area contributed by atoms with Gasteiger partial charge >= 0.3 is 0 Å². The van der Waals surface area contributed by atoms with Gasteiger partial charge in [0.2, 0.25) is 0 Å². The van der Waals surface area contributed by atoms with Crippen molar-refractivity contribution in [2.24, 2.45) is 0 Å². The topological polar surface area (TPSA) is 29.5 Å². The van der Waals surface area contributed by atoms with Gasteiger partial charge in [0.05, 0.1) is 6.61 Å². The van der Waals surface area contributed by atoms with E-state index < -0.39 is 0 Å². The molecule has 1 aromatic carbocycles. The second kappa shape index (κ2) is 8.27. The zero-order valence-corrected chi connectivity index (χ0v) is 12.6. The van der Waals surface area contributed by atoms with E-state index in [1.54, 1.807) is 4.90 Å². The van der Waals surface area contributed by atoms with Gasteiger partial charge in [-0.3, -0.25) is 4.79 Å². The highest BCUT2D eigenvalue weighted by Crippen LogP contribution is 2.10. The molecule has 0 N–H and O–H groups in total. The molecule has 0 saturated carbocycles. The molecule has 0 aromatic heterocycles. The number of benzene rings is 1. The van der Waals surface area contributed by atoms with Gasteiger partial charge in [0, 0.05) is 30.6 Å². The van der Waals surface area contributed by atoms with Crippen molar-refractivity contribution in [3.63, 3.8) is 0 Å². The molecular weight excluding hydrogens is 294 g/mol. The zero-order chi connectivity index (χ0) is 13.4. The summed E-state index contributed by atoms with van der Waals surface area (Å²) >= 11 is 3.39. The molecule has 0 aliphatic heterocycles. The Morgan fingerprint density at radius 3 is 2.44 bits per heavy atom. The molecule has 0 saturated heterocycles. The first kappa shape index (κ1) is 15.2. The molecule has 1 amide bonds. The number of amides is 1. The van der Waals surface area contributed by atoms with Crippen LogP contribution in [0.1, 0.15) is 29.8 Å². The van der Waals surface area contributed by atoms with E-state index in [1.807, 2.05) is 38.1 Å². The lowest BCUT2D eigenvalue weighted by molar-refractivity contribution is 0.0669. The van der Waals surface area contributed by atoms with Gasteiger partial charge in [-0.15, -0.1) is 0 Å². The van der Waals surface area contributed by atoms with Crippen molar-refractivity contribution in [1.29, 1.82) is 0 Å². The van der Waals surface area contributed by atoms with E-state index in [-0.39, 0.29) is 5.91 Å². The van der Waals surface area contributed by atoms with Gasteiger partial charge in [0.25, 0.3) is 5.91 Å². The monoisotopic (exact) mass is 313 g/mol. The van der Waals surface area contributed by atoms with Crippen molar-refractivity contribution in [2.45, 2.75) is 19.2 Å². The number of likely N-dealkylation sites (N-methyl/N-ethyl adjacent to an activating group) is 1. The fraction of sp³-hybridized carbons (Fsp3) is 0.500. The van der Waals surface area contributed by atoms with Crippen molar-refractivity contribution in [1.82, 2.24) is 4.90 Å². The maximum atomic E-state index is 12.2. The molecule has 0 fully saturated rings. The predicted molar refractivity (Wildman–Crippen MR) is 77.1 cm³/mol. The summed E-state index contributed by atoms with van der Waals surface area (Å²) in [6.45, 7) is 6.56. The van der Waals surface area contributed by atoms with Crippen LogP contribution in [0.3, 0.4) is 0 Å². The Labute approximate surface area is 117 Å². The van der Waals surface area contributed by atoms with E-state index in [0.717, 1.165) is 10.9 Å². The van der Waals surface area contributed by atoms with Crippen LogP contribution in [0.5, 0.6) is 0 Å². The first-order chi connectivity index (χ1) is 8.72. The lowest BCUT2D eigenvalue weighted by atomic mass is 10.1. The highest BCUT2D eigenvalue weighted by atomic mass is 79.9. The summed E-state index contributed by atoms with van der Waals surface area (Å²) in [4.78, 5) is 14.0. The number of hydrogen-bond donors (Lipinski definition) is 0. The second-order valence-corrected chi connectivity index (χ2v) is 4.47. The number of ether oxygens (including phenoxy) is 1. The maximum absolute atomic E-state index is 12.2. The van der Waals surface area contributed by atoms with Crippen LogP contribution >= 0.6 is 15.9 Å². The van der Waals surface area contributed by atoms with E-state index in [2.05, 4.69) is 15.9 Å². The third-order valence-electron chi connectivity index (χ3n) is 2.73. The van der Waals surface area contributed by atoms with Crippen molar-refractivity contribution >= 4 is 21.8 Å². The Morgan fingerprint density at radius 2 is 1.94 bits per heavy atom. The number of carbonyl (C=O) groups excluding carboxylic acids is 1. The maximum Gasteiger partial charge on any atom is 0.253 e. The lowest BCUT2D eigenvalue weighted by Gasteiger charge is -2.20. The molecule has 0 atom stereocenters. The summed E-state index contributed by atoms with van der Waals surface area (Å²) in [5.41, 5.74) is 1.90. The van der Waals surface area contributed by atoms with Gasteiger partial charge in [0.1, 0.15) is 0 Å². The summed E-state index contributed by atoms with van der Waals surface area (Å²) in [5.74, 6) is 0.0679. The molecule has 0 aliphatic carbocycles. The molecule has 1 aromatic rings. The Hall–Kier alpha value is -0.870. The molecule has 0 bridgehead atoms. The standard InChI is InChI=1S/C14H20BrNO2/c1-3-16(9-10-18-4-2)14(17)13-7-5-12(11-15)6-8-13/h5-8H,3-4,9-11H2,1-2H3. The fourth-order valence-corrected chi connectivity index (χ4v) is 2.02. The van der Waals surface area contributed by atoms with Gasteiger partial charge in [-0.2, -0.15) is 0 Å². The summed E-state index contributed by atoms with van der Waals surface area (Å²) in [7, 11) is 0. The average Bonchev–Trinajstić information content (AvgIpc) is 2.43. The lowest BCUT2D eigenvalue weighted by Crippen LogP contribution is -2.33. The molecular formula is C14H20BrNO2. The largest absolute Gasteiger partial charge is 0.380 e. The van der Waals surface area contributed by atoms with Gasteiger partial charge in [-0.05, 0) is 31.5 Å². The highest BCUT2D eigenvalue weighted by Gasteiger charge is 2.13. The first-order valence-corrected chi connectivity index (χ1v) is 7.37. The quantitative estimate of drug-likeness (QED) is 0.572. The van der Waals surface area contributed by atoms with Crippen molar-refractivity contribution < 1.29 is 9.53 Å². The number of nitrogens with zero attached hydrogens (tertiary/aromatic N) is 1. The van der Waals surface area contributed by atoms with Crippen LogP contribution in [0.2, 0.25) is 0 Å². The molecule has 100 valence electrons. The van der Waals surface area contributed by atoms with Crippen LogP contribution in [0, 0.1) is 0 Å². The van der Waals surface area contributed by atoms with E-state index in [1.165, 1.54) is 5.56 Å². The molecule has 3 nitrogen and oxygen atoms in total. The third-order valence-corrected chi connectivity index (χ3v) is 3.38. The zero-order valence-electron chi connectivity index (χ0n) is 11.0. The van der Waals surface area contributed by atoms with Crippen molar-refractivity contribution in [2.75, 3.05) is 26.3 Å². The SMILES string of the molecule is CCOCCN(CC)C(=O)c1ccc(CBr)cc1. The normalized spacial score (nSPS) is 10.4. The molecule has 0 unspecified atom stereocenters. The Kier molecular flexibility index (Phi) is 6.98. The molecule has 0 aliphatic rings.